The second kappa shape index (κ2) is 629. The van der Waals surface area contributed by atoms with Crippen LogP contribution in [0.2, 0.25) is 0 Å². The van der Waals surface area contributed by atoms with Crippen LogP contribution in [0, 0.1) is 11.8 Å². The Hall–Kier alpha value is 0.152. The van der Waals surface area contributed by atoms with Crippen LogP contribution in [0.4, 0.5) is 0 Å². The Balaban J connectivity index is -0.00000000500. The van der Waals surface area contributed by atoms with Gasteiger partial charge in [-0.2, -0.15) is 0 Å². The molecule has 0 saturated heterocycles. The first-order valence-electron chi connectivity index (χ1n) is 0.224. The van der Waals surface area contributed by atoms with Crippen LogP contribution in [0.1, 0.15) is 0 Å². The summed E-state index contributed by atoms with van der Waals surface area (Å²) in [7, 11) is 0. The van der Waals surface area contributed by atoms with E-state index in [0.717, 1.165) is 0 Å². The fourth-order valence-electron chi connectivity index (χ4n) is 0. The summed E-state index contributed by atoms with van der Waals surface area (Å²) in [5.74, 6) is 0. The van der Waals surface area contributed by atoms with Crippen molar-refractivity contribution in [3.63, 3.8) is 0 Å². The molecule has 0 bridgehead atoms. The van der Waals surface area contributed by atoms with Crippen molar-refractivity contribution in [2.24, 2.45) is 0 Å². The summed E-state index contributed by atoms with van der Waals surface area (Å²) in [5, 5.41) is 6.25. The van der Waals surface area contributed by atoms with Gasteiger partial charge in [-0.25, -0.2) is 0 Å². The molecule has 0 N–H and O–H groups in total. The average Bonchev–Trinajstić information content (AvgIpc) is 1.00. The largest absolute Gasteiger partial charge is 1.00 e. The van der Waals surface area contributed by atoms with E-state index in [1.54, 1.807) is 0 Å². The van der Waals surface area contributed by atoms with E-state index in [1.165, 1.54) is 0 Å². The van der Waals surface area contributed by atoms with Crippen molar-refractivity contribution in [2.75, 3.05) is 0 Å². The van der Waals surface area contributed by atoms with Crippen LogP contribution in [0.3, 0.4) is 0 Å². The Morgan fingerprint density at radius 1 is 1.25 bits per heavy atom. The summed E-state index contributed by atoms with van der Waals surface area (Å²) >= 11 is 0. The monoisotopic (exact) mass is 44.0 g/mol. The number of hydrogen-bond acceptors (Lipinski definition) is 1. The molecule has 0 saturated carbocycles. The molecular weight excluding hydrogens is 43.8 g/mol. The molecule has 0 spiro atoms. The van der Waals surface area contributed by atoms with E-state index in [4.69, 9.17) is 11.8 Å². The molecule has 0 atom stereocenters. The summed E-state index contributed by atoms with van der Waals surface area (Å²) in [6.45, 7) is 4.75. The van der Waals surface area contributed by atoms with Crippen LogP contribution in [0.25, 0.3) is 0 Å². The molecule has 1 nitrogen and oxygen atoms in total. The van der Waals surface area contributed by atoms with Crippen LogP contribution < -0.4 is 18.9 Å². The Bertz CT molecular complexity index is 12.8. The van der Waals surface area contributed by atoms with Crippen molar-refractivity contribution >= 4 is 8.41 Å². The Labute approximate surface area is 39.8 Å². The SMILES string of the molecule is [B-].[C-]#N.[Li+]. The van der Waals surface area contributed by atoms with Crippen LogP contribution >= 0.6 is 0 Å². The third-order valence-corrected chi connectivity index (χ3v) is 0. The molecular formula is CBLiN-. The zero-order valence-electron chi connectivity index (χ0n) is 2.52. The van der Waals surface area contributed by atoms with Gasteiger partial charge >= 0.3 is 18.9 Å². The Morgan fingerprint density at radius 3 is 1.25 bits per heavy atom. The van der Waals surface area contributed by atoms with Crippen molar-refractivity contribution in [3.8, 4) is 0 Å². The zero-order chi connectivity index (χ0) is 2.00. The maximum atomic E-state index is 6.25. The number of hydrogen-bond donors (Lipinski definition) is 0. The van der Waals surface area contributed by atoms with Gasteiger partial charge in [-0.3, -0.25) is 0 Å². The van der Waals surface area contributed by atoms with E-state index >= 15 is 0 Å². The van der Waals surface area contributed by atoms with Gasteiger partial charge in [0.2, 0.25) is 0 Å². The van der Waals surface area contributed by atoms with Crippen LogP contribution in [0.15, 0.2) is 0 Å². The third-order valence-electron chi connectivity index (χ3n) is 0. The smallest absolute Gasteiger partial charge is 1.00 e. The predicted octanol–water partition coefficient (Wildman–Crippen LogP) is -3.28. The molecule has 0 fully saturated rings. The first kappa shape index (κ1) is 31.1. The summed E-state index contributed by atoms with van der Waals surface area (Å²) in [5.41, 5.74) is 0. The van der Waals surface area contributed by atoms with E-state index < -0.39 is 0 Å². The fourth-order valence-corrected chi connectivity index (χ4v) is 0. The summed E-state index contributed by atoms with van der Waals surface area (Å²) < 4.78 is 0. The van der Waals surface area contributed by atoms with Crippen molar-refractivity contribution in [1.82, 2.24) is 0 Å². The minimum Gasteiger partial charge on any atom is -1.00 e. The van der Waals surface area contributed by atoms with Gasteiger partial charge in [0, 0.05) is 0 Å². The molecule has 3 heteroatoms. The second-order valence-corrected chi connectivity index (χ2v) is 0. The van der Waals surface area contributed by atoms with E-state index in [-0.39, 0.29) is 27.3 Å². The minimum atomic E-state index is 0. The molecule has 0 aromatic heterocycles. The van der Waals surface area contributed by atoms with Gasteiger partial charge in [-0.15, -0.1) is 0 Å². The second-order valence-electron chi connectivity index (χ2n) is 0. The molecule has 0 aliphatic heterocycles. The predicted molar refractivity (Wildman–Crippen MR) is 10.7 cm³/mol. The molecule has 0 amide bonds. The molecule has 0 rings (SSSR count). The van der Waals surface area contributed by atoms with E-state index in [1.807, 2.05) is 0 Å². The van der Waals surface area contributed by atoms with E-state index in [2.05, 4.69) is 0 Å². The maximum absolute atomic E-state index is 6.25. The fraction of sp³-hybridized carbons (Fsp3) is 0. The molecule has 0 aromatic rings. The number of nitrogens with zero attached hydrogens (tertiary/aromatic N) is 1. The van der Waals surface area contributed by atoms with Gasteiger partial charge in [0.1, 0.15) is 0 Å². The van der Waals surface area contributed by atoms with Gasteiger partial charge < -0.3 is 20.2 Å². The van der Waals surface area contributed by atoms with Crippen molar-refractivity contribution in [1.29, 1.82) is 5.26 Å². The Morgan fingerprint density at radius 2 is 1.25 bits per heavy atom. The first-order valence-corrected chi connectivity index (χ1v) is 0.224. The van der Waals surface area contributed by atoms with Gasteiger partial charge in [0.25, 0.3) is 0 Å². The molecule has 0 aromatic carbocycles. The molecule has 4 heavy (non-hydrogen) atoms. The van der Waals surface area contributed by atoms with Crippen molar-refractivity contribution in [2.45, 2.75) is 0 Å². The Kier molecular flexibility index (Phi) is 4890. The zero-order valence-corrected chi connectivity index (χ0v) is 2.52. The topological polar surface area (TPSA) is 23.8 Å². The third kappa shape index (κ3) is 123. The van der Waals surface area contributed by atoms with E-state index in [0.29, 0.717) is 0 Å². The van der Waals surface area contributed by atoms with E-state index in [9.17, 15) is 0 Å². The van der Waals surface area contributed by atoms with Crippen LogP contribution in [-0.4, -0.2) is 8.41 Å². The standard InChI is InChI=1S/CN.B.Li/c1-2;;/q2*-1;+1. The van der Waals surface area contributed by atoms with Crippen LogP contribution in [0.5, 0.6) is 0 Å². The van der Waals surface area contributed by atoms with Crippen LogP contribution in [-0.2, 0) is 0 Å². The normalized spacial score (nSPS) is 0.500. The van der Waals surface area contributed by atoms with Crippen molar-refractivity contribution in [3.05, 3.63) is 6.57 Å². The van der Waals surface area contributed by atoms with Gasteiger partial charge in [-0.1, -0.05) is 0 Å². The summed E-state index contributed by atoms with van der Waals surface area (Å²) in [6, 6.07) is 0. The molecule has 0 aliphatic carbocycles. The molecule has 0 unspecified atom stereocenters. The van der Waals surface area contributed by atoms with Crippen molar-refractivity contribution < 1.29 is 18.9 Å². The summed E-state index contributed by atoms with van der Waals surface area (Å²) in [6.07, 6.45) is 0. The minimum absolute atomic E-state index is 0. The summed E-state index contributed by atoms with van der Waals surface area (Å²) in [4.78, 5) is 0. The molecule has 0 heterocycles. The molecule has 14 valence electrons. The first-order chi connectivity index (χ1) is 1.00. The average molecular weight is 43.8 g/mol. The maximum Gasteiger partial charge on any atom is 1.00 e. The molecule has 0 aliphatic rings. The van der Waals surface area contributed by atoms with Gasteiger partial charge in [-0.05, 0) is 0 Å². The van der Waals surface area contributed by atoms with Gasteiger partial charge in [0.15, 0.2) is 0 Å². The molecule has 4 radical (unpaired) electrons. The van der Waals surface area contributed by atoms with Gasteiger partial charge in [0.05, 0.1) is 0 Å². The number of rotatable bonds is 0. The quantitative estimate of drug-likeness (QED) is 0.206.